The number of nitrogens with zero attached hydrogens (tertiary/aromatic N) is 3. The first-order chi connectivity index (χ1) is 10.5. The first-order valence-electron chi connectivity index (χ1n) is 6.14. The second-order valence-electron chi connectivity index (χ2n) is 4.35. The van der Waals surface area contributed by atoms with Gasteiger partial charge in [0.05, 0.1) is 22.8 Å². The number of aromatic nitrogens is 1. The highest BCUT2D eigenvalue weighted by molar-refractivity contribution is 5.90. The average molecular weight is 298 g/mol. The summed E-state index contributed by atoms with van der Waals surface area (Å²) in [6.45, 7) is -0.364. The number of hydrogen-bond acceptors (Lipinski definition) is 5. The number of carbonyl (C=O) groups is 1. The maximum Gasteiger partial charge on any atom is 0.285 e. The quantitative estimate of drug-likeness (QED) is 0.673. The lowest BCUT2D eigenvalue weighted by Crippen LogP contribution is -2.26. The van der Waals surface area contributed by atoms with Gasteiger partial charge in [-0.05, 0) is 18.2 Å². The zero-order valence-corrected chi connectivity index (χ0v) is 11.2. The van der Waals surface area contributed by atoms with Crippen molar-refractivity contribution in [2.75, 3.05) is 5.32 Å². The number of pyridine rings is 1. The van der Waals surface area contributed by atoms with E-state index in [4.69, 9.17) is 5.26 Å². The smallest absolute Gasteiger partial charge is 0.285 e. The molecule has 0 aliphatic heterocycles. The van der Waals surface area contributed by atoms with Crippen LogP contribution in [0.25, 0.3) is 0 Å². The van der Waals surface area contributed by atoms with Gasteiger partial charge in [-0.2, -0.15) is 5.26 Å². The van der Waals surface area contributed by atoms with E-state index in [1.54, 1.807) is 18.2 Å². The standard InChI is InChI=1S/C14H10N4O4/c15-7-10-2-1-3-11(6-10)16-13(19)9-17-8-12(18(21)22)4-5-14(17)20/h1-6,8H,9H2,(H,16,19). The highest BCUT2D eigenvalue weighted by Gasteiger charge is 2.11. The summed E-state index contributed by atoms with van der Waals surface area (Å²) in [5, 5.41) is 22.0. The Hall–Kier alpha value is -3.47. The molecule has 8 nitrogen and oxygen atoms in total. The molecule has 110 valence electrons. The van der Waals surface area contributed by atoms with Crippen LogP contribution in [0.1, 0.15) is 5.56 Å². The van der Waals surface area contributed by atoms with E-state index in [-0.39, 0.29) is 12.2 Å². The molecule has 1 aromatic carbocycles. The Bertz CT molecular complexity index is 835. The Kier molecular flexibility index (Phi) is 4.29. The fourth-order valence-electron chi connectivity index (χ4n) is 1.77. The highest BCUT2D eigenvalue weighted by atomic mass is 16.6. The van der Waals surface area contributed by atoms with Crippen LogP contribution in [0, 0.1) is 21.4 Å². The Morgan fingerprint density at radius 3 is 2.82 bits per heavy atom. The molecule has 1 N–H and O–H groups in total. The molecule has 0 spiro atoms. The molecule has 0 saturated heterocycles. The molecule has 1 amide bonds. The van der Waals surface area contributed by atoms with Crippen LogP contribution in [0.5, 0.6) is 0 Å². The molecule has 2 rings (SSSR count). The second kappa shape index (κ2) is 6.32. The molecule has 22 heavy (non-hydrogen) atoms. The maximum absolute atomic E-state index is 11.9. The predicted octanol–water partition coefficient (Wildman–Crippen LogP) is 1.27. The van der Waals surface area contributed by atoms with Gasteiger partial charge in [-0.25, -0.2) is 0 Å². The predicted molar refractivity (Wildman–Crippen MR) is 77.1 cm³/mol. The SMILES string of the molecule is N#Cc1cccc(NC(=O)Cn2cc([N+](=O)[O-])ccc2=O)c1. The number of carbonyl (C=O) groups excluding carboxylic acids is 1. The second-order valence-corrected chi connectivity index (χ2v) is 4.35. The number of amides is 1. The van der Waals surface area contributed by atoms with E-state index < -0.39 is 16.4 Å². The van der Waals surface area contributed by atoms with Gasteiger partial charge in [0.1, 0.15) is 6.54 Å². The van der Waals surface area contributed by atoms with Gasteiger partial charge in [-0.1, -0.05) is 6.07 Å². The van der Waals surface area contributed by atoms with Crippen molar-refractivity contribution in [2.24, 2.45) is 0 Å². The molecule has 0 saturated carbocycles. The van der Waals surface area contributed by atoms with Crippen LogP contribution in [-0.2, 0) is 11.3 Å². The van der Waals surface area contributed by atoms with E-state index in [2.05, 4.69) is 5.32 Å². The monoisotopic (exact) mass is 298 g/mol. The van der Waals surface area contributed by atoms with Crippen molar-refractivity contribution in [3.63, 3.8) is 0 Å². The van der Waals surface area contributed by atoms with E-state index in [1.165, 1.54) is 6.07 Å². The van der Waals surface area contributed by atoms with E-state index >= 15 is 0 Å². The van der Waals surface area contributed by atoms with Crippen LogP contribution in [-0.4, -0.2) is 15.4 Å². The summed E-state index contributed by atoms with van der Waals surface area (Å²) in [6, 6.07) is 10.3. The third-order valence-corrected chi connectivity index (χ3v) is 2.77. The Balaban J connectivity index is 2.15. The molecule has 8 heteroatoms. The maximum atomic E-state index is 11.9. The normalized spacial score (nSPS) is 9.77. The number of nitrogens with one attached hydrogen (secondary N) is 1. The fraction of sp³-hybridized carbons (Fsp3) is 0.0714. The van der Waals surface area contributed by atoms with Gasteiger partial charge >= 0.3 is 0 Å². The Labute approximate surface area is 124 Å². The Morgan fingerprint density at radius 2 is 2.14 bits per heavy atom. The van der Waals surface area contributed by atoms with Gasteiger partial charge < -0.3 is 5.32 Å². The lowest BCUT2D eigenvalue weighted by Gasteiger charge is -2.07. The van der Waals surface area contributed by atoms with Crippen LogP contribution in [0.2, 0.25) is 0 Å². The molecule has 0 fully saturated rings. The van der Waals surface area contributed by atoms with Crippen molar-refractivity contribution in [1.29, 1.82) is 5.26 Å². The van der Waals surface area contributed by atoms with Crippen LogP contribution < -0.4 is 10.9 Å². The van der Waals surface area contributed by atoms with Crippen molar-refractivity contribution < 1.29 is 9.72 Å². The highest BCUT2D eigenvalue weighted by Crippen LogP contribution is 2.10. The van der Waals surface area contributed by atoms with Gasteiger partial charge in [0.2, 0.25) is 5.91 Å². The third-order valence-electron chi connectivity index (χ3n) is 2.77. The molecule has 1 aromatic heterocycles. The number of rotatable bonds is 4. The van der Waals surface area contributed by atoms with E-state index in [1.807, 2.05) is 6.07 Å². The topological polar surface area (TPSA) is 118 Å². The minimum absolute atomic E-state index is 0.279. The van der Waals surface area contributed by atoms with Gasteiger partial charge in [0, 0.05) is 17.8 Å². The zero-order chi connectivity index (χ0) is 16.1. The lowest BCUT2D eigenvalue weighted by atomic mass is 10.2. The first-order valence-corrected chi connectivity index (χ1v) is 6.14. The average Bonchev–Trinajstić information content (AvgIpc) is 2.49. The lowest BCUT2D eigenvalue weighted by molar-refractivity contribution is -0.385. The molecule has 0 bridgehead atoms. The molecular weight excluding hydrogens is 288 g/mol. The van der Waals surface area contributed by atoms with E-state index in [9.17, 15) is 19.7 Å². The largest absolute Gasteiger partial charge is 0.324 e. The summed E-state index contributed by atoms with van der Waals surface area (Å²) in [6.07, 6.45) is 1.01. The van der Waals surface area contributed by atoms with E-state index in [0.29, 0.717) is 11.3 Å². The van der Waals surface area contributed by atoms with Crippen molar-refractivity contribution in [1.82, 2.24) is 4.57 Å². The van der Waals surface area contributed by atoms with Gasteiger partial charge in [0.25, 0.3) is 11.2 Å². The summed E-state index contributed by atoms with van der Waals surface area (Å²) in [5.41, 5.74) is -0.0155. The molecule has 2 aromatic rings. The van der Waals surface area contributed by atoms with Crippen LogP contribution >= 0.6 is 0 Å². The molecule has 0 atom stereocenters. The molecule has 0 radical (unpaired) electrons. The van der Waals surface area contributed by atoms with Crippen molar-refractivity contribution in [3.8, 4) is 6.07 Å². The number of anilines is 1. The van der Waals surface area contributed by atoms with Crippen molar-refractivity contribution in [2.45, 2.75) is 6.54 Å². The summed E-state index contributed by atoms with van der Waals surface area (Å²) in [4.78, 5) is 33.5. The Morgan fingerprint density at radius 1 is 1.36 bits per heavy atom. The molecule has 1 heterocycles. The van der Waals surface area contributed by atoms with Crippen molar-refractivity contribution in [3.05, 3.63) is 68.6 Å². The third kappa shape index (κ3) is 3.55. The summed E-state index contributed by atoms with van der Waals surface area (Å²) >= 11 is 0. The first kappa shape index (κ1) is 14.9. The van der Waals surface area contributed by atoms with Crippen LogP contribution in [0.15, 0.2) is 47.4 Å². The minimum atomic E-state index is -0.649. The molecule has 0 unspecified atom stereocenters. The van der Waals surface area contributed by atoms with Gasteiger partial charge in [-0.15, -0.1) is 0 Å². The minimum Gasteiger partial charge on any atom is -0.324 e. The van der Waals surface area contributed by atoms with Gasteiger partial charge in [-0.3, -0.25) is 24.3 Å². The number of nitriles is 1. The zero-order valence-electron chi connectivity index (χ0n) is 11.2. The fourth-order valence-corrected chi connectivity index (χ4v) is 1.77. The summed E-state index contributed by atoms with van der Waals surface area (Å²) in [7, 11) is 0. The number of nitro groups is 1. The number of hydrogen-bond donors (Lipinski definition) is 1. The van der Waals surface area contributed by atoms with E-state index in [0.717, 1.165) is 22.9 Å². The number of benzene rings is 1. The van der Waals surface area contributed by atoms with Crippen LogP contribution in [0.4, 0.5) is 11.4 Å². The van der Waals surface area contributed by atoms with Crippen LogP contribution in [0.3, 0.4) is 0 Å². The molecular formula is C14H10N4O4. The summed E-state index contributed by atoms with van der Waals surface area (Å²) < 4.78 is 0.946. The molecule has 0 aliphatic carbocycles. The molecule has 0 aliphatic rings. The van der Waals surface area contributed by atoms with Gasteiger partial charge in [0.15, 0.2) is 0 Å². The van der Waals surface area contributed by atoms with Crippen molar-refractivity contribution >= 4 is 17.3 Å². The summed E-state index contributed by atoms with van der Waals surface area (Å²) in [5.74, 6) is -0.530.